The number of nitrogens with zero attached hydrogens (tertiary/aromatic N) is 3. The van der Waals surface area contributed by atoms with E-state index >= 15 is 0 Å². The zero-order valence-electron chi connectivity index (χ0n) is 9.46. The highest BCUT2D eigenvalue weighted by atomic mass is 15.0. The van der Waals surface area contributed by atoms with E-state index in [2.05, 4.69) is 21.4 Å². The van der Waals surface area contributed by atoms with E-state index < -0.39 is 0 Å². The van der Waals surface area contributed by atoms with E-state index in [0.717, 1.165) is 11.4 Å². The van der Waals surface area contributed by atoms with Crippen LogP contribution in [-0.2, 0) is 0 Å². The summed E-state index contributed by atoms with van der Waals surface area (Å²) in [6.07, 6.45) is 3.36. The van der Waals surface area contributed by atoms with E-state index in [-0.39, 0.29) is 6.04 Å². The molecule has 4 heteroatoms. The molecular formula is C13H12N4. The lowest BCUT2D eigenvalue weighted by Gasteiger charge is -2.14. The van der Waals surface area contributed by atoms with Gasteiger partial charge in [-0.3, -0.25) is 4.98 Å². The fourth-order valence-electron chi connectivity index (χ4n) is 1.55. The van der Waals surface area contributed by atoms with Gasteiger partial charge in [0.25, 0.3) is 0 Å². The van der Waals surface area contributed by atoms with Crippen molar-refractivity contribution < 1.29 is 0 Å². The quantitative estimate of drug-likeness (QED) is 0.870. The van der Waals surface area contributed by atoms with E-state index in [0.29, 0.717) is 5.69 Å². The summed E-state index contributed by atoms with van der Waals surface area (Å²) in [6.45, 7) is 2.00. The van der Waals surface area contributed by atoms with Gasteiger partial charge in [-0.1, -0.05) is 6.07 Å². The minimum Gasteiger partial charge on any atom is -0.375 e. The molecule has 84 valence electrons. The topological polar surface area (TPSA) is 61.6 Å². The number of hydrogen-bond donors (Lipinski definition) is 1. The standard InChI is InChI=1S/C13H12N4/c1-10(11-5-2-3-7-15-11)17-12-6-4-8-16-13(12)9-14/h2-8,10,17H,1H3. The maximum atomic E-state index is 8.93. The average Bonchev–Trinajstić information content (AvgIpc) is 2.40. The molecule has 2 heterocycles. The van der Waals surface area contributed by atoms with Gasteiger partial charge in [-0.15, -0.1) is 0 Å². The SMILES string of the molecule is CC(Nc1cccnc1C#N)c1ccccn1. The number of hydrogen-bond acceptors (Lipinski definition) is 4. The van der Waals surface area contributed by atoms with Crippen LogP contribution in [0, 0.1) is 11.3 Å². The van der Waals surface area contributed by atoms with E-state index in [1.54, 1.807) is 18.5 Å². The molecule has 0 aromatic carbocycles. The number of anilines is 1. The summed E-state index contributed by atoms with van der Waals surface area (Å²) < 4.78 is 0. The van der Waals surface area contributed by atoms with Gasteiger partial charge in [0.05, 0.1) is 17.4 Å². The minimum atomic E-state index is 0.0347. The summed E-state index contributed by atoms with van der Waals surface area (Å²) in [6, 6.07) is 11.5. The Bertz CT molecular complexity index is 531. The highest BCUT2D eigenvalue weighted by Gasteiger charge is 2.08. The Labute approximate surface area is 100.0 Å². The van der Waals surface area contributed by atoms with Crippen LogP contribution in [0.1, 0.15) is 24.4 Å². The summed E-state index contributed by atoms with van der Waals surface area (Å²) in [5.41, 5.74) is 2.06. The van der Waals surface area contributed by atoms with Gasteiger partial charge in [0.2, 0.25) is 0 Å². The predicted molar refractivity (Wildman–Crippen MR) is 65.2 cm³/mol. The van der Waals surface area contributed by atoms with Crippen LogP contribution < -0.4 is 5.32 Å². The van der Waals surface area contributed by atoms with Crippen molar-refractivity contribution in [3.63, 3.8) is 0 Å². The van der Waals surface area contributed by atoms with E-state index in [9.17, 15) is 0 Å². The largest absolute Gasteiger partial charge is 0.375 e. The highest BCUT2D eigenvalue weighted by Crippen LogP contribution is 2.18. The third-order valence-corrected chi connectivity index (χ3v) is 2.42. The smallest absolute Gasteiger partial charge is 0.163 e. The Kier molecular flexibility index (Phi) is 3.31. The molecule has 4 nitrogen and oxygen atoms in total. The molecule has 0 saturated heterocycles. The van der Waals surface area contributed by atoms with Crippen molar-refractivity contribution in [2.75, 3.05) is 5.32 Å². The van der Waals surface area contributed by atoms with Gasteiger partial charge in [-0.25, -0.2) is 4.98 Å². The normalized spacial score (nSPS) is 11.5. The second-order valence-corrected chi connectivity index (χ2v) is 3.63. The third kappa shape index (κ3) is 2.58. The van der Waals surface area contributed by atoms with Gasteiger partial charge >= 0.3 is 0 Å². The highest BCUT2D eigenvalue weighted by molar-refractivity contribution is 5.54. The minimum absolute atomic E-state index is 0.0347. The third-order valence-electron chi connectivity index (χ3n) is 2.42. The first-order valence-corrected chi connectivity index (χ1v) is 5.34. The van der Waals surface area contributed by atoms with Gasteiger partial charge in [0.15, 0.2) is 5.69 Å². The van der Waals surface area contributed by atoms with Gasteiger partial charge in [0, 0.05) is 12.4 Å². The zero-order valence-corrected chi connectivity index (χ0v) is 9.46. The average molecular weight is 224 g/mol. The summed E-state index contributed by atoms with van der Waals surface area (Å²) in [5, 5.41) is 12.2. The molecule has 0 fully saturated rings. The fraction of sp³-hybridized carbons (Fsp3) is 0.154. The molecule has 1 unspecified atom stereocenters. The lowest BCUT2D eigenvalue weighted by Crippen LogP contribution is -2.09. The zero-order chi connectivity index (χ0) is 12.1. The number of aromatic nitrogens is 2. The maximum absolute atomic E-state index is 8.93. The fourth-order valence-corrected chi connectivity index (χ4v) is 1.55. The second-order valence-electron chi connectivity index (χ2n) is 3.63. The van der Waals surface area contributed by atoms with Crippen LogP contribution in [0.4, 0.5) is 5.69 Å². The van der Waals surface area contributed by atoms with Crippen LogP contribution in [0.15, 0.2) is 42.7 Å². The lowest BCUT2D eigenvalue weighted by molar-refractivity contribution is 0.837. The number of nitrogens with one attached hydrogen (secondary N) is 1. The van der Waals surface area contributed by atoms with Crippen LogP contribution in [0.25, 0.3) is 0 Å². The molecule has 1 atom stereocenters. The molecule has 2 aromatic rings. The maximum Gasteiger partial charge on any atom is 0.163 e. The molecule has 2 aromatic heterocycles. The van der Waals surface area contributed by atoms with Crippen molar-refractivity contribution in [3.05, 3.63) is 54.1 Å². The second kappa shape index (κ2) is 5.08. The van der Waals surface area contributed by atoms with Crippen LogP contribution in [0.2, 0.25) is 0 Å². The van der Waals surface area contributed by atoms with Crippen LogP contribution in [-0.4, -0.2) is 9.97 Å². The molecule has 0 aliphatic rings. The molecule has 0 radical (unpaired) electrons. The Morgan fingerprint density at radius 3 is 2.71 bits per heavy atom. The van der Waals surface area contributed by atoms with E-state index in [4.69, 9.17) is 5.26 Å². The number of rotatable bonds is 3. The van der Waals surface area contributed by atoms with Crippen LogP contribution in [0.3, 0.4) is 0 Å². The van der Waals surface area contributed by atoms with Crippen LogP contribution >= 0.6 is 0 Å². The Morgan fingerprint density at radius 2 is 2.00 bits per heavy atom. The number of nitriles is 1. The molecule has 0 bridgehead atoms. The summed E-state index contributed by atoms with van der Waals surface area (Å²) >= 11 is 0. The molecule has 17 heavy (non-hydrogen) atoms. The lowest BCUT2D eigenvalue weighted by atomic mass is 10.2. The number of pyridine rings is 2. The van der Waals surface area contributed by atoms with E-state index in [1.807, 2.05) is 31.2 Å². The van der Waals surface area contributed by atoms with Gasteiger partial charge in [-0.2, -0.15) is 5.26 Å². The van der Waals surface area contributed by atoms with Crippen molar-refractivity contribution in [1.29, 1.82) is 5.26 Å². The molecule has 0 aliphatic heterocycles. The Balaban J connectivity index is 2.19. The summed E-state index contributed by atoms with van der Waals surface area (Å²) in [4.78, 5) is 8.26. The van der Waals surface area contributed by atoms with Crippen molar-refractivity contribution in [3.8, 4) is 6.07 Å². The molecule has 0 saturated carbocycles. The first-order chi connectivity index (χ1) is 8.31. The van der Waals surface area contributed by atoms with Crippen LogP contribution in [0.5, 0.6) is 0 Å². The van der Waals surface area contributed by atoms with E-state index in [1.165, 1.54) is 0 Å². The first-order valence-electron chi connectivity index (χ1n) is 5.34. The molecule has 2 rings (SSSR count). The molecule has 0 aliphatic carbocycles. The van der Waals surface area contributed by atoms with Crippen molar-refractivity contribution in [2.45, 2.75) is 13.0 Å². The first kappa shape index (κ1) is 11.1. The summed E-state index contributed by atoms with van der Waals surface area (Å²) in [5.74, 6) is 0. The molecule has 0 spiro atoms. The van der Waals surface area contributed by atoms with Crippen molar-refractivity contribution in [1.82, 2.24) is 9.97 Å². The van der Waals surface area contributed by atoms with Crippen molar-refractivity contribution in [2.24, 2.45) is 0 Å². The summed E-state index contributed by atoms with van der Waals surface area (Å²) in [7, 11) is 0. The Morgan fingerprint density at radius 1 is 1.18 bits per heavy atom. The molecule has 1 N–H and O–H groups in total. The monoisotopic (exact) mass is 224 g/mol. The molecule has 0 amide bonds. The van der Waals surface area contributed by atoms with Gasteiger partial charge in [0.1, 0.15) is 6.07 Å². The van der Waals surface area contributed by atoms with Gasteiger partial charge < -0.3 is 5.32 Å². The predicted octanol–water partition coefficient (Wildman–Crippen LogP) is 2.52. The molecular weight excluding hydrogens is 212 g/mol. The van der Waals surface area contributed by atoms with Crippen molar-refractivity contribution >= 4 is 5.69 Å². The van der Waals surface area contributed by atoms with Gasteiger partial charge in [-0.05, 0) is 31.2 Å². The Hall–Kier alpha value is -2.41.